The molecule has 6 heteroatoms. The maximum absolute atomic E-state index is 12.7. The van der Waals surface area contributed by atoms with Gasteiger partial charge in [-0.15, -0.1) is 0 Å². The standard InChI is InChI=1S/C18H17Cl2NO3/c1-8(2)14-10-4-5-11(14)16(18(23)24)15(10)17(22)21-9-3-6-12(19)13(20)7-9/h3-7,10-11,15-16H,1-2H3,(H,21,22)(H,23,24)/p-1/t10-,11-,15-,16+/m1/s1. The Morgan fingerprint density at radius 2 is 1.67 bits per heavy atom. The fourth-order valence-corrected chi connectivity index (χ4v) is 4.13. The highest BCUT2D eigenvalue weighted by molar-refractivity contribution is 6.42. The van der Waals surface area contributed by atoms with Gasteiger partial charge in [0.15, 0.2) is 0 Å². The van der Waals surface area contributed by atoms with Crippen LogP contribution in [0.3, 0.4) is 0 Å². The number of hydrogen-bond donors (Lipinski definition) is 1. The topological polar surface area (TPSA) is 69.2 Å². The van der Waals surface area contributed by atoms with E-state index in [-0.39, 0.29) is 17.7 Å². The predicted molar refractivity (Wildman–Crippen MR) is 91.6 cm³/mol. The number of benzene rings is 1. The molecule has 1 N–H and O–H groups in total. The quantitative estimate of drug-likeness (QED) is 0.837. The summed E-state index contributed by atoms with van der Waals surface area (Å²) in [6.45, 7) is 3.88. The maximum atomic E-state index is 12.7. The molecule has 2 bridgehead atoms. The monoisotopic (exact) mass is 364 g/mol. The first-order chi connectivity index (χ1) is 11.3. The van der Waals surface area contributed by atoms with Crippen molar-refractivity contribution in [3.63, 3.8) is 0 Å². The van der Waals surface area contributed by atoms with Crippen LogP contribution in [0.25, 0.3) is 0 Å². The third-order valence-electron chi connectivity index (χ3n) is 4.74. The van der Waals surface area contributed by atoms with E-state index in [1.54, 1.807) is 18.2 Å². The van der Waals surface area contributed by atoms with Crippen molar-refractivity contribution in [2.75, 3.05) is 5.32 Å². The highest BCUT2D eigenvalue weighted by Crippen LogP contribution is 2.53. The van der Waals surface area contributed by atoms with Gasteiger partial charge in [-0.25, -0.2) is 0 Å². The zero-order valence-electron chi connectivity index (χ0n) is 13.2. The lowest BCUT2D eigenvalue weighted by Crippen LogP contribution is -2.42. The van der Waals surface area contributed by atoms with Crippen molar-refractivity contribution in [2.24, 2.45) is 23.7 Å². The van der Waals surface area contributed by atoms with E-state index in [4.69, 9.17) is 23.2 Å². The Bertz CT molecular complexity index is 780. The molecule has 2 aliphatic carbocycles. The third-order valence-corrected chi connectivity index (χ3v) is 5.48. The van der Waals surface area contributed by atoms with Crippen molar-refractivity contribution >= 4 is 40.8 Å². The van der Waals surface area contributed by atoms with Crippen LogP contribution in [0.2, 0.25) is 10.0 Å². The molecule has 0 aromatic heterocycles. The molecule has 24 heavy (non-hydrogen) atoms. The number of carbonyl (C=O) groups is 2. The minimum Gasteiger partial charge on any atom is -0.550 e. The molecule has 4 nitrogen and oxygen atoms in total. The molecule has 0 aliphatic heterocycles. The maximum Gasteiger partial charge on any atom is 0.229 e. The SMILES string of the molecule is CC(C)=C1[C@H]2C=C[C@H]1[C@@H](C(=O)Nc1ccc(Cl)c(Cl)c1)[C@H]2C(=O)[O-]. The highest BCUT2D eigenvalue weighted by Gasteiger charge is 2.52. The van der Waals surface area contributed by atoms with Crippen LogP contribution in [0.1, 0.15) is 13.8 Å². The van der Waals surface area contributed by atoms with Gasteiger partial charge in [-0.05, 0) is 32.0 Å². The predicted octanol–water partition coefficient (Wildman–Crippen LogP) is 3.07. The van der Waals surface area contributed by atoms with E-state index in [0.29, 0.717) is 15.7 Å². The fraction of sp³-hybridized carbons (Fsp3) is 0.333. The summed E-state index contributed by atoms with van der Waals surface area (Å²) in [6, 6.07) is 4.75. The molecule has 0 saturated heterocycles. The third kappa shape index (κ3) is 2.74. The van der Waals surface area contributed by atoms with Gasteiger partial charge in [0.2, 0.25) is 5.91 Å². The molecule has 0 spiro atoms. The molecule has 1 saturated carbocycles. The molecular formula is C18H16Cl2NO3-. The van der Waals surface area contributed by atoms with Crippen LogP contribution in [-0.4, -0.2) is 11.9 Å². The number of carboxylic acids is 1. The summed E-state index contributed by atoms with van der Waals surface area (Å²) in [6.07, 6.45) is 3.79. The summed E-state index contributed by atoms with van der Waals surface area (Å²) in [7, 11) is 0. The van der Waals surface area contributed by atoms with Crippen LogP contribution in [0.15, 0.2) is 41.5 Å². The number of hydrogen-bond acceptors (Lipinski definition) is 3. The number of carboxylic acid groups (broad SMARTS) is 1. The van der Waals surface area contributed by atoms with Gasteiger partial charge in [-0.3, -0.25) is 4.79 Å². The summed E-state index contributed by atoms with van der Waals surface area (Å²) in [5.74, 6) is -3.56. The lowest BCUT2D eigenvalue weighted by molar-refractivity contribution is -0.313. The number of carbonyl (C=O) groups excluding carboxylic acids is 2. The minimum absolute atomic E-state index is 0.203. The summed E-state index contributed by atoms with van der Waals surface area (Å²) in [5.41, 5.74) is 2.54. The zero-order valence-corrected chi connectivity index (χ0v) is 14.7. The van der Waals surface area contributed by atoms with Gasteiger partial charge in [0.05, 0.1) is 16.0 Å². The van der Waals surface area contributed by atoms with Crippen molar-refractivity contribution in [3.05, 3.63) is 51.5 Å². The van der Waals surface area contributed by atoms with Crippen molar-refractivity contribution < 1.29 is 14.7 Å². The normalized spacial score (nSPS) is 27.4. The van der Waals surface area contributed by atoms with E-state index in [0.717, 1.165) is 11.1 Å². The van der Waals surface area contributed by atoms with E-state index >= 15 is 0 Å². The van der Waals surface area contributed by atoms with Gasteiger partial charge in [-0.1, -0.05) is 46.5 Å². The van der Waals surface area contributed by atoms with Crippen molar-refractivity contribution in [1.29, 1.82) is 0 Å². The Morgan fingerprint density at radius 1 is 1.04 bits per heavy atom. The van der Waals surface area contributed by atoms with Gasteiger partial charge in [0.25, 0.3) is 0 Å². The molecule has 1 aromatic carbocycles. The number of amides is 1. The first-order valence-corrected chi connectivity index (χ1v) is 8.39. The fourth-order valence-electron chi connectivity index (χ4n) is 3.83. The number of anilines is 1. The zero-order chi connectivity index (χ0) is 17.6. The molecule has 1 fully saturated rings. The summed E-state index contributed by atoms with van der Waals surface area (Å²) in [5, 5.41) is 15.1. The number of rotatable bonds is 3. The number of halogens is 2. The second-order valence-electron chi connectivity index (χ2n) is 6.38. The Morgan fingerprint density at radius 3 is 2.21 bits per heavy atom. The van der Waals surface area contributed by atoms with Gasteiger partial charge in [0.1, 0.15) is 0 Å². The van der Waals surface area contributed by atoms with Gasteiger partial charge in [-0.2, -0.15) is 0 Å². The molecule has 126 valence electrons. The van der Waals surface area contributed by atoms with Crippen LogP contribution in [0.5, 0.6) is 0 Å². The molecule has 1 aromatic rings. The lowest BCUT2D eigenvalue weighted by atomic mass is 9.82. The molecular weight excluding hydrogens is 349 g/mol. The number of allylic oxidation sites excluding steroid dienone is 4. The van der Waals surface area contributed by atoms with Gasteiger partial charge in [0, 0.05) is 29.4 Å². The van der Waals surface area contributed by atoms with E-state index in [2.05, 4.69) is 5.32 Å². The Hall–Kier alpha value is -1.78. The molecule has 0 radical (unpaired) electrons. The average Bonchev–Trinajstić information content (AvgIpc) is 3.06. The summed E-state index contributed by atoms with van der Waals surface area (Å²) < 4.78 is 0. The summed E-state index contributed by atoms with van der Waals surface area (Å²) >= 11 is 11.8. The Labute approximate surface area is 150 Å². The largest absolute Gasteiger partial charge is 0.550 e. The lowest BCUT2D eigenvalue weighted by Gasteiger charge is -2.27. The van der Waals surface area contributed by atoms with Crippen molar-refractivity contribution in [3.8, 4) is 0 Å². The van der Waals surface area contributed by atoms with Crippen LogP contribution in [0, 0.1) is 23.7 Å². The molecule has 2 aliphatic rings. The summed E-state index contributed by atoms with van der Waals surface area (Å²) in [4.78, 5) is 24.4. The van der Waals surface area contributed by atoms with Crippen molar-refractivity contribution in [2.45, 2.75) is 13.8 Å². The minimum atomic E-state index is -1.19. The van der Waals surface area contributed by atoms with Crippen LogP contribution < -0.4 is 10.4 Å². The molecule has 3 rings (SSSR count). The Kier molecular flexibility index (Phi) is 4.45. The van der Waals surface area contributed by atoms with Crippen LogP contribution in [-0.2, 0) is 9.59 Å². The molecule has 0 unspecified atom stereocenters. The van der Waals surface area contributed by atoms with E-state index in [1.807, 2.05) is 26.0 Å². The van der Waals surface area contributed by atoms with Gasteiger partial charge < -0.3 is 15.2 Å². The highest BCUT2D eigenvalue weighted by atomic mass is 35.5. The first-order valence-electron chi connectivity index (χ1n) is 7.63. The number of aliphatic carboxylic acids is 1. The average molecular weight is 365 g/mol. The van der Waals surface area contributed by atoms with E-state index < -0.39 is 17.8 Å². The second-order valence-corrected chi connectivity index (χ2v) is 7.19. The number of nitrogens with one attached hydrogen (secondary N) is 1. The Balaban J connectivity index is 1.91. The van der Waals surface area contributed by atoms with E-state index in [1.165, 1.54) is 0 Å². The molecule has 1 amide bonds. The van der Waals surface area contributed by atoms with Crippen LogP contribution >= 0.6 is 23.2 Å². The first kappa shape index (κ1) is 17.1. The second kappa shape index (κ2) is 6.26. The molecule has 0 heterocycles. The van der Waals surface area contributed by atoms with Crippen molar-refractivity contribution in [1.82, 2.24) is 0 Å². The molecule has 4 atom stereocenters. The van der Waals surface area contributed by atoms with Gasteiger partial charge >= 0.3 is 0 Å². The smallest absolute Gasteiger partial charge is 0.229 e. The van der Waals surface area contributed by atoms with Crippen LogP contribution in [0.4, 0.5) is 5.69 Å². The number of fused-ring (bicyclic) bond motifs is 2. The van der Waals surface area contributed by atoms with E-state index in [9.17, 15) is 14.7 Å².